The molecule has 0 aromatic rings. The zero-order valence-electron chi connectivity index (χ0n) is 13.9. The number of nitrogens with zero attached hydrogens (tertiary/aromatic N) is 1. The van der Waals surface area contributed by atoms with Gasteiger partial charge < -0.3 is 16.0 Å². The third-order valence-electron chi connectivity index (χ3n) is 4.26. The van der Waals surface area contributed by atoms with Crippen LogP contribution in [0.4, 0.5) is 0 Å². The van der Waals surface area contributed by atoms with Gasteiger partial charge in [-0.05, 0) is 69.2 Å². The largest absolute Gasteiger partial charge is 0.354 e. The van der Waals surface area contributed by atoms with Crippen LogP contribution < -0.4 is 11.1 Å². The number of likely N-dealkylation sites (tertiary alicyclic amines) is 1. The lowest BCUT2D eigenvalue weighted by molar-refractivity contribution is -0.122. The molecule has 1 aliphatic heterocycles. The highest BCUT2D eigenvalue weighted by Crippen LogP contribution is 2.17. The zero-order valence-corrected chi connectivity index (χ0v) is 14.8. The second kappa shape index (κ2) is 10.5. The van der Waals surface area contributed by atoms with Gasteiger partial charge in [-0.1, -0.05) is 13.8 Å². The Morgan fingerprint density at radius 2 is 2.00 bits per heavy atom. The van der Waals surface area contributed by atoms with Crippen LogP contribution in [0, 0.1) is 11.8 Å². The summed E-state index contributed by atoms with van der Waals surface area (Å²) in [6, 6.07) is -0.344. The fraction of sp³-hybridized carbons (Fsp3) is 0.938. The number of hydrogen-bond acceptors (Lipinski definition) is 4. The van der Waals surface area contributed by atoms with Gasteiger partial charge in [0.1, 0.15) is 0 Å². The van der Waals surface area contributed by atoms with Crippen molar-refractivity contribution in [3.05, 3.63) is 0 Å². The van der Waals surface area contributed by atoms with Gasteiger partial charge in [0.15, 0.2) is 0 Å². The Hall–Kier alpha value is -0.260. The van der Waals surface area contributed by atoms with Crippen molar-refractivity contribution >= 4 is 17.7 Å². The summed E-state index contributed by atoms with van der Waals surface area (Å²) in [7, 11) is 0. The predicted molar refractivity (Wildman–Crippen MR) is 92.6 cm³/mol. The summed E-state index contributed by atoms with van der Waals surface area (Å²) in [6.45, 7) is 8.92. The maximum atomic E-state index is 11.9. The molecule has 0 spiro atoms. The standard InChI is InChI=1S/C16H33N3OS/c1-13(2)4-8-19-9-5-14(6-10-19)12-18-16(20)15(17)7-11-21-3/h13-15H,4-12,17H2,1-3H3,(H,18,20)/t15-/m0/s1. The summed E-state index contributed by atoms with van der Waals surface area (Å²) in [6.07, 6.45) is 6.47. The SMILES string of the molecule is CSCC[C@H](N)C(=O)NCC1CCN(CCC(C)C)CC1. The third kappa shape index (κ3) is 8.07. The van der Waals surface area contributed by atoms with E-state index in [1.54, 1.807) is 11.8 Å². The number of hydrogen-bond donors (Lipinski definition) is 2. The van der Waals surface area contributed by atoms with Gasteiger partial charge in [-0.15, -0.1) is 0 Å². The predicted octanol–water partition coefficient (Wildman–Crippen LogP) is 1.94. The molecule has 1 heterocycles. The zero-order chi connectivity index (χ0) is 15.7. The number of thioether (sulfide) groups is 1. The van der Waals surface area contributed by atoms with Crippen LogP contribution in [0.1, 0.15) is 39.5 Å². The van der Waals surface area contributed by atoms with Crippen molar-refractivity contribution in [2.24, 2.45) is 17.6 Å². The fourth-order valence-corrected chi connectivity index (χ4v) is 3.10. The Labute approximate surface area is 134 Å². The van der Waals surface area contributed by atoms with Gasteiger partial charge in [0.05, 0.1) is 6.04 Å². The topological polar surface area (TPSA) is 58.4 Å². The Morgan fingerprint density at radius 3 is 2.57 bits per heavy atom. The highest BCUT2D eigenvalue weighted by molar-refractivity contribution is 7.98. The number of piperidine rings is 1. The number of carbonyl (C=O) groups is 1. The van der Waals surface area contributed by atoms with Crippen molar-refractivity contribution in [1.29, 1.82) is 0 Å². The molecule has 124 valence electrons. The minimum absolute atomic E-state index is 0.0197. The van der Waals surface area contributed by atoms with Crippen LogP contribution in [-0.2, 0) is 4.79 Å². The van der Waals surface area contributed by atoms with Gasteiger partial charge in [0, 0.05) is 6.54 Å². The fourth-order valence-electron chi connectivity index (χ4n) is 2.61. The maximum Gasteiger partial charge on any atom is 0.236 e. The Bertz CT molecular complexity index is 291. The Kier molecular flexibility index (Phi) is 9.36. The Morgan fingerprint density at radius 1 is 1.33 bits per heavy atom. The molecule has 3 N–H and O–H groups in total. The van der Waals surface area contributed by atoms with Crippen molar-refractivity contribution in [2.75, 3.05) is 38.2 Å². The van der Waals surface area contributed by atoms with Crippen LogP contribution in [0.5, 0.6) is 0 Å². The van der Waals surface area contributed by atoms with E-state index in [0.29, 0.717) is 5.92 Å². The van der Waals surface area contributed by atoms with Crippen molar-refractivity contribution < 1.29 is 4.79 Å². The summed E-state index contributed by atoms with van der Waals surface area (Å²) < 4.78 is 0. The van der Waals surface area contributed by atoms with E-state index >= 15 is 0 Å². The van der Waals surface area contributed by atoms with E-state index in [9.17, 15) is 4.79 Å². The third-order valence-corrected chi connectivity index (χ3v) is 4.91. The number of rotatable bonds is 9. The van der Waals surface area contributed by atoms with E-state index in [1.165, 1.54) is 38.9 Å². The first-order valence-corrected chi connectivity index (χ1v) is 9.67. The highest BCUT2D eigenvalue weighted by atomic mass is 32.2. The molecule has 0 radical (unpaired) electrons. The van der Waals surface area contributed by atoms with Crippen molar-refractivity contribution in [2.45, 2.75) is 45.6 Å². The summed E-state index contributed by atoms with van der Waals surface area (Å²) in [4.78, 5) is 14.4. The monoisotopic (exact) mass is 315 g/mol. The van der Waals surface area contributed by atoms with Gasteiger partial charge in [0.2, 0.25) is 5.91 Å². The quantitative estimate of drug-likeness (QED) is 0.683. The molecule has 0 aromatic heterocycles. The van der Waals surface area contributed by atoms with E-state index in [-0.39, 0.29) is 11.9 Å². The molecule has 1 fully saturated rings. The molecule has 1 amide bonds. The molecule has 0 aromatic carbocycles. The molecule has 4 nitrogen and oxygen atoms in total. The molecule has 5 heteroatoms. The van der Waals surface area contributed by atoms with Crippen LogP contribution >= 0.6 is 11.8 Å². The maximum absolute atomic E-state index is 11.9. The average molecular weight is 316 g/mol. The van der Waals surface area contributed by atoms with E-state index in [1.807, 2.05) is 6.26 Å². The molecular weight excluding hydrogens is 282 g/mol. The van der Waals surface area contributed by atoms with Crippen LogP contribution in [0.2, 0.25) is 0 Å². The average Bonchev–Trinajstić information content (AvgIpc) is 2.49. The molecule has 0 bridgehead atoms. The first-order valence-electron chi connectivity index (χ1n) is 8.27. The first-order chi connectivity index (χ1) is 10.0. The van der Waals surface area contributed by atoms with Crippen LogP contribution in [0.3, 0.4) is 0 Å². The summed E-state index contributed by atoms with van der Waals surface area (Å²) in [5.41, 5.74) is 5.88. The molecule has 1 aliphatic rings. The van der Waals surface area contributed by atoms with Crippen LogP contribution in [0.15, 0.2) is 0 Å². The lowest BCUT2D eigenvalue weighted by Crippen LogP contribution is -2.44. The molecule has 0 unspecified atom stereocenters. The van der Waals surface area contributed by atoms with E-state index in [4.69, 9.17) is 5.73 Å². The van der Waals surface area contributed by atoms with Gasteiger partial charge in [0.25, 0.3) is 0 Å². The van der Waals surface area contributed by atoms with Crippen molar-refractivity contribution in [3.8, 4) is 0 Å². The number of carbonyl (C=O) groups excluding carboxylic acids is 1. The summed E-state index contributed by atoms with van der Waals surface area (Å²) >= 11 is 1.73. The number of nitrogens with one attached hydrogen (secondary N) is 1. The first kappa shape index (κ1) is 18.8. The second-order valence-corrected chi connectivity index (χ2v) is 7.59. The molecule has 1 saturated heterocycles. The number of amides is 1. The van der Waals surface area contributed by atoms with Crippen LogP contribution in [0.25, 0.3) is 0 Å². The number of nitrogens with two attached hydrogens (primary N) is 1. The molecule has 0 saturated carbocycles. The normalized spacial score (nSPS) is 18.9. The van der Waals surface area contributed by atoms with E-state index in [0.717, 1.165) is 24.6 Å². The van der Waals surface area contributed by atoms with Crippen molar-refractivity contribution in [1.82, 2.24) is 10.2 Å². The highest BCUT2D eigenvalue weighted by Gasteiger charge is 2.20. The summed E-state index contributed by atoms with van der Waals surface area (Å²) in [5.74, 6) is 2.37. The minimum atomic E-state index is -0.344. The minimum Gasteiger partial charge on any atom is -0.354 e. The van der Waals surface area contributed by atoms with E-state index < -0.39 is 0 Å². The lowest BCUT2D eigenvalue weighted by atomic mass is 9.96. The second-order valence-electron chi connectivity index (χ2n) is 6.60. The lowest BCUT2D eigenvalue weighted by Gasteiger charge is -2.32. The van der Waals surface area contributed by atoms with Gasteiger partial charge in [-0.25, -0.2) is 0 Å². The molecule has 1 atom stereocenters. The molecular formula is C16H33N3OS. The van der Waals surface area contributed by atoms with Gasteiger partial charge in [-0.2, -0.15) is 11.8 Å². The van der Waals surface area contributed by atoms with E-state index in [2.05, 4.69) is 24.1 Å². The molecule has 0 aliphatic carbocycles. The molecule has 21 heavy (non-hydrogen) atoms. The van der Waals surface area contributed by atoms with Gasteiger partial charge in [-0.3, -0.25) is 4.79 Å². The van der Waals surface area contributed by atoms with Crippen molar-refractivity contribution in [3.63, 3.8) is 0 Å². The summed E-state index contributed by atoms with van der Waals surface area (Å²) in [5, 5.41) is 3.03. The smallest absolute Gasteiger partial charge is 0.236 e. The van der Waals surface area contributed by atoms with Crippen LogP contribution in [-0.4, -0.2) is 55.0 Å². The Balaban J connectivity index is 2.13. The van der Waals surface area contributed by atoms with Gasteiger partial charge >= 0.3 is 0 Å². The molecule has 1 rings (SSSR count).